The van der Waals surface area contributed by atoms with Crippen LogP contribution in [0.15, 0.2) is 88.6 Å². The average molecular weight is 424 g/mol. The van der Waals surface area contributed by atoms with Gasteiger partial charge in [0, 0.05) is 29.8 Å². The van der Waals surface area contributed by atoms with Crippen LogP contribution in [0.5, 0.6) is 5.75 Å². The number of nitrogens with one attached hydrogen (secondary N) is 1. The minimum atomic E-state index is -0.392. The molecular weight excluding hydrogens is 404 g/mol. The number of azo groups is 1. The number of anilines is 1. The number of fused-ring (bicyclic) bond motifs is 2. The first-order valence-corrected chi connectivity index (χ1v) is 10.1. The molecule has 2 heterocycles. The van der Waals surface area contributed by atoms with Crippen LogP contribution in [0.2, 0.25) is 0 Å². The lowest BCUT2D eigenvalue weighted by Crippen LogP contribution is -2.17. The fourth-order valence-electron chi connectivity index (χ4n) is 3.99. The van der Waals surface area contributed by atoms with E-state index in [0.717, 1.165) is 27.8 Å². The molecule has 0 saturated carbocycles. The third-order valence-corrected chi connectivity index (χ3v) is 5.71. The van der Waals surface area contributed by atoms with E-state index in [2.05, 4.69) is 15.5 Å². The van der Waals surface area contributed by atoms with Crippen LogP contribution in [-0.4, -0.2) is 23.5 Å². The molecule has 7 nitrogen and oxygen atoms in total. The molecule has 7 heteroatoms. The first kappa shape index (κ1) is 19.7. The minimum Gasteiger partial charge on any atom is -0.497 e. The number of aryl methyl sites for hydroxylation is 1. The Labute approximate surface area is 184 Å². The standard InChI is InChI=1S/C25H20N4O3/c1-29-21-14-18(32-2)12-9-16(21)13-22(29)25(31)26-17-10-7-15(8-11-17)23-19-5-3-4-6-20(19)24(30)28-27-23/h3-14,20H,1-2H3,(H,26,31). The van der Waals surface area contributed by atoms with Crippen molar-refractivity contribution in [1.82, 2.24) is 4.57 Å². The molecule has 2 amide bonds. The topological polar surface area (TPSA) is 85.0 Å². The normalized spacial score (nSPS) is 17.1. The van der Waals surface area contributed by atoms with Crippen LogP contribution in [0.4, 0.5) is 5.69 Å². The van der Waals surface area contributed by atoms with Gasteiger partial charge in [-0.1, -0.05) is 36.4 Å². The zero-order valence-corrected chi connectivity index (χ0v) is 17.6. The van der Waals surface area contributed by atoms with Crippen molar-refractivity contribution in [3.63, 3.8) is 0 Å². The largest absolute Gasteiger partial charge is 0.497 e. The Kier molecular flexibility index (Phi) is 4.78. The number of ether oxygens (including phenoxy) is 1. The number of carbonyl (C=O) groups excluding carboxylic acids is 2. The number of nitrogens with zero attached hydrogens (tertiary/aromatic N) is 3. The van der Waals surface area contributed by atoms with Crippen LogP contribution >= 0.6 is 0 Å². The van der Waals surface area contributed by atoms with Gasteiger partial charge in [-0.15, -0.1) is 10.2 Å². The molecule has 0 fully saturated rings. The van der Waals surface area contributed by atoms with Crippen molar-refractivity contribution in [2.75, 3.05) is 12.4 Å². The lowest BCUT2D eigenvalue weighted by Gasteiger charge is -2.19. The predicted molar refractivity (Wildman–Crippen MR) is 122 cm³/mol. The van der Waals surface area contributed by atoms with E-state index in [-0.39, 0.29) is 11.8 Å². The van der Waals surface area contributed by atoms with Crippen LogP contribution in [0.1, 0.15) is 16.1 Å². The molecule has 2 aromatic carbocycles. The van der Waals surface area contributed by atoms with Gasteiger partial charge in [-0.2, -0.15) is 0 Å². The van der Waals surface area contributed by atoms with Crippen LogP contribution < -0.4 is 10.1 Å². The molecule has 158 valence electrons. The van der Waals surface area contributed by atoms with Crippen molar-refractivity contribution in [3.05, 3.63) is 89.7 Å². The molecule has 1 aliphatic carbocycles. The van der Waals surface area contributed by atoms with Crippen molar-refractivity contribution < 1.29 is 14.3 Å². The van der Waals surface area contributed by atoms with E-state index in [4.69, 9.17) is 4.74 Å². The van der Waals surface area contributed by atoms with E-state index in [1.165, 1.54) is 0 Å². The summed E-state index contributed by atoms with van der Waals surface area (Å²) in [5, 5.41) is 11.8. The molecule has 3 aromatic rings. The molecule has 2 aliphatic rings. The van der Waals surface area contributed by atoms with E-state index in [9.17, 15) is 9.59 Å². The maximum absolute atomic E-state index is 12.9. The van der Waals surface area contributed by atoms with Gasteiger partial charge in [-0.25, -0.2) is 0 Å². The summed E-state index contributed by atoms with van der Waals surface area (Å²) in [7, 11) is 3.47. The number of carbonyl (C=O) groups is 2. The number of amides is 2. The highest BCUT2D eigenvalue weighted by atomic mass is 16.5. The SMILES string of the molecule is COc1ccc2cc(C(=O)Nc3ccc(C4=C5C=CC=CC5C(=O)N=N4)cc3)n(C)c2c1. The Morgan fingerprint density at radius 1 is 1.06 bits per heavy atom. The van der Waals surface area contributed by atoms with Crippen molar-refractivity contribution in [2.24, 2.45) is 23.2 Å². The summed E-state index contributed by atoms with van der Waals surface area (Å²) in [4.78, 5) is 24.9. The predicted octanol–water partition coefficient (Wildman–Crippen LogP) is 4.88. The molecule has 1 N–H and O–H groups in total. The molecule has 32 heavy (non-hydrogen) atoms. The summed E-state index contributed by atoms with van der Waals surface area (Å²) in [5.41, 5.74) is 4.44. The highest BCUT2D eigenvalue weighted by Crippen LogP contribution is 2.34. The Balaban J connectivity index is 1.39. The zero-order valence-electron chi connectivity index (χ0n) is 17.6. The number of methoxy groups -OCH3 is 1. The van der Waals surface area contributed by atoms with Crippen molar-refractivity contribution in [1.29, 1.82) is 0 Å². The van der Waals surface area contributed by atoms with Gasteiger partial charge in [0.15, 0.2) is 0 Å². The summed E-state index contributed by atoms with van der Waals surface area (Å²) in [6.07, 6.45) is 7.44. The lowest BCUT2D eigenvalue weighted by molar-refractivity contribution is -0.119. The second kappa shape index (κ2) is 7.77. The summed E-state index contributed by atoms with van der Waals surface area (Å²) in [5.74, 6) is -0.123. The number of benzene rings is 2. The van der Waals surface area contributed by atoms with Gasteiger partial charge in [-0.05, 0) is 35.9 Å². The van der Waals surface area contributed by atoms with E-state index in [1.54, 1.807) is 7.11 Å². The molecule has 0 bridgehead atoms. The van der Waals surface area contributed by atoms with Crippen molar-refractivity contribution >= 4 is 34.1 Å². The Morgan fingerprint density at radius 3 is 2.66 bits per heavy atom. The molecule has 0 spiro atoms. The molecule has 5 rings (SSSR count). The van der Waals surface area contributed by atoms with E-state index in [0.29, 0.717) is 17.1 Å². The first-order valence-electron chi connectivity index (χ1n) is 10.1. The van der Waals surface area contributed by atoms with E-state index < -0.39 is 5.92 Å². The highest BCUT2D eigenvalue weighted by Gasteiger charge is 2.27. The molecular formula is C25H20N4O3. The molecule has 0 radical (unpaired) electrons. The van der Waals surface area contributed by atoms with Gasteiger partial charge in [-0.3, -0.25) is 9.59 Å². The van der Waals surface area contributed by atoms with Gasteiger partial charge in [0.1, 0.15) is 11.4 Å². The van der Waals surface area contributed by atoms with E-state index in [1.807, 2.05) is 84.4 Å². The molecule has 1 aromatic heterocycles. The molecule has 1 atom stereocenters. The maximum atomic E-state index is 12.9. The third kappa shape index (κ3) is 3.33. The monoisotopic (exact) mass is 424 g/mol. The smallest absolute Gasteiger partial charge is 0.276 e. The van der Waals surface area contributed by atoms with Crippen LogP contribution in [0.25, 0.3) is 16.6 Å². The summed E-state index contributed by atoms with van der Waals surface area (Å²) in [6.45, 7) is 0. The second-order valence-electron chi connectivity index (χ2n) is 7.61. The lowest BCUT2D eigenvalue weighted by atomic mass is 9.89. The minimum absolute atomic E-state index is 0.208. The van der Waals surface area contributed by atoms with Crippen molar-refractivity contribution in [2.45, 2.75) is 0 Å². The number of rotatable bonds is 4. The molecule has 1 unspecified atom stereocenters. The van der Waals surface area contributed by atoms with Crippen LogP contribution in [-0.2, 0) is 11.8 Å². The van der Waals surface area contributed by atoms with Gasteiger partial charge in [0.05, 0.1) is 24.2 Å². The Hall–Kier alpha value is -4.26. The van der Waals surface area contributed by atoms with Gasteiger partial charge < -0.3 is 14.6 Å². The number of allylic oxidation sites excluding steroid dienone is 3. The van der Waals surface area contributed by atoms with E-state index >= 15 is 0 Å². The number of hydrogen-bond acceptors (Lipinski definition) is 4. The average Bonchev–Trinajstić information content (AvgIpc) is 3.16. The maximum Gasteiger partial charge on any atom is 0.276 e. The quantitative estimate of drug-likeness (QED) is 0.647. The summed E-state index contributed by atoms with van der Waals surface area (Å²) in [6, 6.07) is 14.9. The molecule has 1 aliphatic heterocycles. The highest BCUT2D eigenvalue weighted by molar-refractivity contribution is 6.06. The summed E-state index contributed by atoms with van der Waals surface area (Å²) < 4.78 is 7.13. The van der Waals surface area contributed by atoms with Gasteiger partial charge in [0.2, 0.25) is 0 Å². The Bertz CT molecular complexity index is 1370. The number of aromatic nitrogens is 1. The zero-order chi connectivity index (χ0) is 22.2. The number of hydrogen-bond donors (Lipinski definition) is 1. The third-order valence-electron chi connectivity index (χ3n) is 5.71. The summed E-state index contributed by atoms with van der Waals surface area (Å²) >= 11 is 0. The molecule has 0 saturated heterocycles. The van der Waals surface area contributed by atoms with Gasteiger partial charge >= 0.3 is 0 Å². The van der Waals surface area contributed by atoms with Gasteiger partial charge in [0.25, 0.3) is 11.8 Å². The fourth-order valence-corrected chi connectivity index (χ4v) is 3.99. The second-order valence-corrected chi connectivity index (χ2v) is 7.61. The van der Waals surface area contributed by atoms with Crippen molar-refractivity contribution in [3.8, 4) is 5.75 Å². The Morgan fingerprint density at radius 2 is 1.88 bits per heavy atom. The van der Waals surface area contributed by atoms with Crippen LogP contribution in [0.3, 0.4) is 0 Å². The first-order chi connectivity index (χ1) is 15.5. The fraction of sp³-hybridized carbons (Fsp3) is 0.120. The van der Waals surface area contributed by atoms with Crippen LogP contribution in [0, 0.1) is 5.92 Å².